The second kappa shape index (κ2) is 5.03. The van der Waals surface area contributed by atoms with Crippen LogP contribution in [-0.4, -0.2) is 42.8 Å². The van der Waals surface area contributed by atoms with Crippen molar-refractivity contribution in [3.05, 3.63) is 0 Å². The Bertz CT molecular complexity index is 224. The third-order valence-corrected chi connectivity index (χ3v) is 4.42. The van der Waals surface area contributed by atoms with Gasteiger partial charge in [-0.25, -0.2) is 0 Å². The summed E-state index contributed by atoms with van der Waals surface area (Å²) >= 11 is 0. The van der Waals surface area contributed by atoms with Gasteiger partial charge in [0.05, 0.1) is 0 Å². The number of nitrogens with two attached hydrogens (primary N) is 1. The van der Waals surface area contributed by atoms with Crippen molar-refractivity contribution >= 4 is 0 Å². The van der Waals surface area contributed by atoms with Crippen molar-refractivity contribution in [2.75, 3.05) is 26.3 Å². The van der Waals surface area contributed by atoms with E-state index in [0.717, 1.165) is 25.7 Å². The maximum atomic E-state index is 6.02. The van der Waals surface area contributed by atoms with Crippen molar-refractivity contribution in [1.82, 2.24) is 4.90 Å². The lowest BCUT2D eigenvalue weighted by Crippen LogP contribution is -2.53. The molecule has 0 amide bonds. The normalized spacial score (nSPS) is 29.4. The summed E-state index contributed by atoms with van der Waals surface area (Å²) in [4.78, 5) is 2.66. The molecule has 0 radical (unpaired) electrons. The van der Waals surface area contributed by atoms with Crippen molar-refractivity contribution < 1.29 is 4.74 Å². The SMILES string of the molecule is CC1(C)CCCN1C(CN)C1CCOCC1. The summed E-state index contributed by atoms with van der Waals surface area (Å²) in [6, 6.07) is 0.571. The molecular formula is C13H26N2O. The molecular weight excluding hydrogens is 200 g/mol. The molecule has 0 bridgehead atoms. The number of ether oxygens (including phenoxy) is 1. The van der Waals surface area contributed by atoms with Crippen LogP contribution in [0.2, 0.25) is 0 Å². The van der Waals surface area contributed by atoms with Gasteiger partial charge in [-0.2, -0.15) is 0 Å². The van der Waals surface area contributed by atoms with Gasteiger partial charge in [0.15, 0.2) is 0 Å². The first-order chi connectivity index (χ1) is 7.65. The van der Waals surface area contributed by atoms with E-state index >= 15 is 0 Å². The molecule has 2 aliphatic rings. The van der Waals surface area contributed by atoms with E-state index in [1.165, 1.54) is 32.2 Å². The Labute approximate surface area is 99.3 Å². The Morgan fingerprint density at radius 3 is 2.56 bits per heavy atom. The Hall–Kier alpha value is -0.120. The maximum absolute atomic E-state index is 6.02. The summed E-state index contributed by atoms with van der Waals surface area (Å²) < 4.78 is 5.45. The molecule has 3 heteroatoms. The molecule has 1 unspecified atom stereocenters. The molecule has 2 rings (SSSR count). The second-order valence-corrected chi connectivity index (χ2v) is 5.86. The fourth-order valence-corrected chi connectivity index (χ4v) is 3.42. The fraction of sp³-hybridized carbons (Fsp3) is 1.00. The van der Waals surface area contributed by atoms with E-state index in [1.54, 1.807) is 0 Å². The number of likely N-dealkylation sites (tertiary alicyclic amines) is 1. The van der Waals surface area contributed by atoms with E-state index < -0.39 is 0 Å². The van der Waals surface area contributed by atoms with Crippen molar-refractivity contribution in [2.45, 2.75) is 51.1 Å². The van der Waals surface area contributed by atoms with E-state index in [4.69, 9.17) is 10.5 Å². The molecule has 94 valence electrons. The van der Waals surface area contributed by atoms with Gasteiger partial charge in [-0.1, -0.05) is 0 Å². The molecule has 16 heavy (non-hydrogen) atoms. The molecule has 2 fully saturated rings. The lowest BCUT2D eigenvalue weighted by molar-refractivity contribution is 0.00965. The maximum Gasteiger partial charge on any atom is 0.0469 e. The van der Waals surface area contributed by atoms with Crippen molar-refractivity contribution in [1.29, 1.82) is 0 Å². The Morgan fingerprint density at radius 2 is 2.06 bits per heavy atom. The van der Waals surface area contributed by atoms with Crippen LogP contribution in [0.4, 0.5) is 0 Å². The third kappa shape index (κ3) is 2.41. The summed E-state index contributed by atoms with van der Waals surface area (Å²) in [5.74, 6) is 0.746. The number of hydrogen-bond acceptors (Lipinski definition) is 3. The van der Waals surface area contributed by atoms with E-state index in [0.29, 0.717) is 11.6 Å². The van der Waals surface area contributed by atoms with E-state index in [1.807, 2.05) is 0 Å². The molecule has 2 saturated heterocycles. The van der Waals surface area contributed by atoms with Crippen LogP contribution in [0, 0.1) is 5.92 Å². The predicted molar refractivity (Wildman–Crippen MR) is 66.4 cm³/mol. The summed E-state index contributed by atoms with van der Waals surface area (Å²) in [5, 5.41) is 0. The summed E-state index contributed by atoms with van der Waals surface area (Å²) in [6.07, 6.45) is 5.02. The minimum Gasteiger partial charge on any atom is -0.381 e. The Kier molecular flexibility index (Phi) is 3.88. The van der Waals surface area contributed by atoms with Gasteiger partial charge in [-0.05, 0) is 52.0 Å². The molecule has 0 aromatic carbocycles. The molecule has 0 saturated carbocycles. The third-order valence-electron chi connectivity index (χ3n) is 4.42. The van der Waals surface area contributed by atoms with Gasteiger partial charge in [-0.3, -0.25) is 4.90 Å². The van der Waals surface area contributed by atoms with Crippen LogP contribution in [0.5, 0.6) is 0 Å². The smallest absolute Gasteiger partial charge is 0.0469 e. The highest BCUT2D eigenvalue weighted by Gasteiger charge is 2.39. The number of rotatable bonds is 3. The van der Waals surface area contributed by atoms with Crippen LogP contribution < -0.4 is 5.73 Å². The lowest BCUT2D eigenvalue weighted by Gasteiger charge is -2.43. The molecule has 0 aliphatic carbocycles. The van der Waals surface area contributed by atoms with Gasteiger partial charge < -0.3 is 10.5 Å². The molecule has 2 heterocycles. The zero-order valence-corrected chi connectivity index (χ0v) is 10.7. The van der Waals surface area contributed by atoms with Gasteiger partial charge in [0.25, 0.3) is 0 Å². The minimum atomic E-state index is 0.350. The van der Waals surface area contributed by atoms with Crippen molar-refractivity contribution in [3.8, 4) is 0 Å². The summed E-state index contributed by atoms with van der Waals surface area (Å²) in [6.45, 7) is 8.61. The van der Waals surface area contributed by atoms with Crippen LogP contribution in [0.3, 0.4) is 0 Å². The first kappa shape index (κ1) is 12.3. The average molecular weight is 226 g/mol. The van der Waals surface area contributed by atoms with E-state index in [2.05, 4.69) is 18.7 Å². The molecule has 3 nitrogen and oxygen atoms in total. The first-order valence-electron chi connectivity index (χ1n) is 6.70. The molecule has 1 atom stereocenters. The zero-order valence-electron chi connectivity index (χ0n) is 10.7. The standard InChI is InChI=1S/C13H26N2O/c1-13(2)6-3-7-15(13)12(10-14)11-4-8-16-9-5-11/h11-12H,3-10,14H2,1-2H3. The van der Waals surface area contributed by atoms with Crippen molar-refractivity contribution in [2.24, 2.45) is 11.7 Å². The molecule has 0 aromatic rings. The van der Waals surface area contributed by atoms with Gasteiger partial charge in [-0.15, -0.1) is 0 Å². The highest BCUT2D eigenvalue weighted by atomic mass is 16.5. The predicted octanol–water partition coefficient (Wildman–Crippen LogP) is 1.61. The fourth-order valence-electron chi connectivity index (χ4n) is 3.42. The summed E-state index contributed by atoms with van der Waals surface area (Å²) in [5.41, 5.74) is 6.37. The zero-order chi connectivity index (χ0) is 11.6. The molecule has 0 spiro atoms. The van der Waals surface area contributed by atoms with Crippen LogP contribution in [0.25, 0.3) is 0 Å². The topological polar surface area (TPSA) is 38.5 Å². The highest BCUT2D eigenvalue weighted by molar-refractivity contribution is 4.95. The quantitative estimate of drug-likeness (QED) is 0.794. The Balaban J connectivity index is 2.03. The van der Waals surface area contributed by atoms with Crippen molar-refractivity contribution in [3.63, 3.8) is 0 Å². The minimum absolute atomic E-state index is 0.350. The summed E-state index contributed by atoms with van der Waals surface area (Å²) in [7, 11) is 0. The largest absolute Gasteiger partial charge is 0.381 e. The van der Waals surface area contributed by atoms with Gasteiger partial charge in [0.1, 0.15) is 0 Å². The molecule has 2 N–H and O–H groups in total. The second-order valence-electron chi connectivity index (χ2n) is 5.86. The first-order valence-corrected chi connectivity index (χ1v) is 6.70. The molecule has 2 aliphatic heterocycles. The van der Waals surface area contributed by atoms with Crippen LogP contribution in [0.15, 0.2) is 0 Å². The van der Waals surface area contributed by atoms with Gasteiger partial charge in [0, 0.05) is 31.3 Å². The highest BCUT2D eigenvalue weighted by Crippen LogP contribution is 2.34. The van der Waals surface area contributed by atoms with Crippen LogP contribution in [-0.2, 0) is 4.74 Å². The molecule has 0 aromatic heterocycles. The van der Waals surface area contributed by atoms with Crippen LogP contribution in [0.1, 0.15) is 39.5 Å². The van der Waals surface area contributed by atoms with E-state index in [-0.39, 0.29) is 0 Å². The van der Waals surface area contributed by atoms with Gasteiger partial charge >= 0.3 is 0 Å². The Morgan fingerprint density at radius 1 is 1.38 bits per heavy atom. The van der Waals surface area contributed by atoms with E-state index in [9.17, 15) is 0 Å². The van der Waals surface area contributed by atoms with Crippen LogP contribution >= 0.6 is 0 Å². The average Bonchev–Trinajstić information content (AvgIpc) is 2.62. The van der Waals surface area contributed by atoms with Gasteiger partial charge in [0.2, 0.25) is 0 Å². The number of hydrogen-bond donors (Lipinski definition) is 1. The number of nitrogens with zero attached hydrogens (tertiary/aromatic N) is 1. The lowest BCUT2D eigenvalue weighted by atomic mass is 9.88. The monoisotopic (exact) mass is 226 g/mol.